The third-order valence-electron chi connectivity index (χ3n) is 6.08. The molecule has 2 aliphatic heterocycles. The van der Waals surface area contributed by atoms with Gasteiger partial charge in [-0.25, -0.2) is 0 Å². The number of amides is 3. The van der Waals surface area contributed by atoms with Crippen LogP contribution in [0.4, 0.5) is 4.79 Å². The zero-order chi connectivity index (χ0) is 24.4. The number of hydrogen-bond donors (Lipinski definition) is 1. The zero-order valence-electron chi connectivity index (χ0n) is 18.9. The second-order valence-corrected chi connectivity index (χ2v) is 10.5. The normalized spacial score (nSPS) is 19.3. The van der Waals surface area contributed by atoms with Crippen molar-refractivity contribution < 1.29 is 19.1 Å². The van der Waals surface area contributed by atoms with Gasteiger partial charge in [-0.15, -0.1) is 0 Å². The van der Waals surface area contributed by atoms with Gasteiger partial charge in [0.2, 0.25) is 5.91 Å². The van der Waals surface area contributed by atoms with Gasteiger partial charge in [0.15, 0.2) is 0 Å². The summed E-state index contributed by atoms with van der Waals surface area (Å²) in [6.07, 6.45) is 5.67. The summed E-state index contributed by atoms with van der Waals surface area (Å²) in [6, 6.07) is 15.3. The van der Waals surface area contributed by atoms with Gasteiger partial charge in [0.1, 0.15) is 6.54 Å². The van der Waals surface area contributed by atoms with Crippen molar-refractivity contribution >= 4 is 61.7 Å². The molecule has 1 aromatic heterocycles. The summed E-state index contributed by atoms with van der Waals surface area (Å²) in [6.45, 7) is 1.64. The number of hydrogen-bond acceptors (Lipinski definition) is 5. The fourth-order valence-electron chi connectivity index (χ4n) is 4.33. The van der Waals surface area contributed by atoms with Gasteiger partial charge in [0.25, 0.3) is 11.1 Å². The fraction of sp³-hybridized carbons (Fsp3) is 0.269. The summed E-state index contributed by atoms with van der Waals surface area (Å²) < 4.78 is 8.33. The van der Waals surface area contributed by atoms with Crippen LogP contribution < -0.4 is 5.32 Å². The first-order valence-electron chi connectivity index (χ1n) is 11.4. The van der Waals surface area contributed by atoms with Crippen LogP contribution in [-0.2, 0) is 27.4 Å². The number of aromatic nitrogens is 1. The molecule has 9 heteroatoms. The van der Waals surface area contributed by atoms with Crippen molar-refractivity contribution in [3.63, 3.8) is 0 Å². The monoisotopic (exact) mass is 553 g/mol. The molecular formula is C26H24BrN3O4S. The number of carbonyl (C=O) groups is 3. The molecule has 7 nitrogen and oxygen atoms in total. The lowest BCUT2D eigenvalue weighted by atomic mass is 10.1. The van der Waals surface area contributed by atoms with Crippen LogP contribution in [0.25, 0.3) is 17.0 Å². The molecule has 0 bridgehead atoms. The summed E-state index contributed by atoms with van der Waals surface area (Å²) in [5.41, 5.74) is 2.54. The molecule has 3 aromatic rings. The molecule has 0 spiro atoms. The van der Waals surface area contributed by atoms with Gasteiger partial charge >= 0.3 is 0 Å². The van der Waals surface area contributed by atoms with Crippen LogP contribution in [0, 0.1) is 0 Å². The number of nitrogens with zero attached hydrogens (tertiary/aromatic N) is 2. The highest BCUT2D eigenvalue weighted by atomic mass is 79.9. The van der Waals surface area contributed by atoms with Crippen LogP contribution >= 0.6 is 27.7 Å². The van der Waals surface area contributed by atoms with E-state index in [1.807, 2.05) is 59.3 Å². The second-order valence-electron chi connectivity index (χ2n) is 8.57. The van der Waals surface area contributed by atoms with Gasteiger partial charge < -0.3 is 14.6 Å². The van der Waals surface area contributed by atoms with Gasteiger partial charge in [0.05, 0.1) is 17.6 Å². The highest BCUT2D eigenvalue weighted by Gasteiger charge is 2.35. The first-order chi connectivity index (χ1) is 17.0. The molecular weight excluding hydrogens is 530 g/mol. The van der Waals surface area contributed by atoms with Crippen LogP contribution in [0.5, 0.6) is 0 Å². The number of carbonyl (C=O) groups excluding carboxylic acids is 3. The molecule has 0 unspecified atom stereocenters. The summed E-state index contributed by atoms with van der Waals surface area (Å²) in [5.74, 6) is -0.413. The van der Waals surface area contributed by atoms with Crippen molar-refractivity contribution in [2.75, 3.05) is 13.2 Å². The first-order valence-corrected chi connectivity index (χ1v) is 13.0. The molecule has 3 heterocycles. The topological polar surface area (TPSA) is 80.6 Å². The van der Waals surface area contributed by atoms with Gasteiger partial charge in [-0.3, -0.25) is 19.3 Å². The van der Waals surface area contributed by atoms with Gasteiger partial charge in [-0.05, 0) is 54.4 Å². The third-order valence-corrected chi connectivity index (χ3v) is 7.48. The lowest BCUT2D eigenvalue weighted by Crippen LogP contribution is -2.34. The molecule has 1 atom stereocenters. The minimum Gasteiger partial charge on any atom is -0.376 e. The average molecular weight is 554 g/mol. The number of benzene rings is 2. The molecule has 0 saturated carbocycles. The van der Waals surface area contributed by atoms with E-state index in [9.17, 15) is 14.4 Å². The number of ether oxygens (including phenoxy) is 1. The van der Waals surface area contributed by atoms with Crippen LogP contribution in [0.1, 0.15) is 24.0 Å². The smallest absolute Gasteiger partial charge is 0.293 e. The largest absolute Gasteiger partial charge is 0.376 e. The molecule has 5 rings (SSSR count). The average Bonchev–Trinajstić information content (AvgIpc) is 3.55. The molecule has 35 heavy (non-hydrogen) atoms. The van der Waals surface area contributed by atoms with E-state index in [1.165, 1.54) is 4.90 Å². The Kier molecular flexibility index (Phi) is 7.08. The molecule has 3 amide bonds. The standard InChI is InChI=1S/C26H24BrN3O4S/c27-19-8-9-22-21(12-19)18(15-29(22)16-24(31)28-13-20-7-4-10-34-20)11-23-25(32)30(26(33)35-23)14-17-5-2-1-3-6-17/h1-3,5-6,8-9,11-12,15,20H,4,7,10,13-14,16H2,(H,28,31)/b23-11-/t20-/m0/s1. The minimum atomic E-state index is -0.311. The summed E-state index contributed by atoms with van der Waals surface area (Å²) >= 11 is 4.45. The molecule has 0 aliphatic carbocycles. The summed E-state index contributed by atoms with van der Waals surface area (Å²) in [5, 5.41) is 3.56. The number of rotatable bonds is 7. The lowest BCUT2D eigenvalue weighted by molar-refractivity contribution is -0.123. The van der Waals surface area contributed by atoms with Crippen LogP contribution in [0.3, 0.4) is 0 Å². The van der Waals surface area contributed by atoms with E-state index in [0.29, 0.717) is 11.4 Å². The molecule has 1 N–H and O–H groups in total. The van der Waals surface area contributed by atoms with E-state index >= 15 is 0 Å². The quantitative estimate of drug-likeness (QED) is 0.419. The van der Waals surface area contributed by atoms with Gasteiger partial charge in [0, 0.05) is 40.3 Å². The molecule has 2 saturated heterocycles. The predicted octanol–water partition coefficient (Wildman–Crippen LogP) is 4.94. The molecule has 2 fully saturated rings. The zero-order valence-corrected chi connectivity index (χ0v) is 21.3. The van der Waals surface area contributed by atoms with E-state index in [-0.39, 0.29) is 36.2 Å². The van der Waals surface area contributed by atoms with Crippen LogP contribution in [0.2, 0.25) is 0 Å². The van der Waals surface area contributed by atoms with Crippen molar-refractivity contribution in [1.29, 1.82) is 0 Å². The maximum absolute atomic E-state index is 13.0. The Bertz CT molecular complexity index is 1310. The second kappa shape index (κ2) is 10.4. The Morgan fingerprint density at radius 1 is 1.20 bits per heavy atom. The van der Waals surface area contributed by atoms with E-state index < -0.39 is 0 Å². The molecule has 2 aliphatic rings. The van der Waals surface area contributed by atoms with Crippen molar-refractivity contribution in [2.45, 2.75) is 32.0 Å². The van der Waals surface area contributed by atoms with Gasteiger partial charge in [-0.2, -0.15) is 0 Å². The van der Waals surface area contributed by atoms with Crippen molar-refractivity contribution in [1.82, 2.24) is 14.8 Å². The lowest BCUT2D eigenvalue weighted by Gasteiger charge is -2.12. The Morgan fingerprint density at radius 3 is 2.80 bits per heavy atom. The number of imide groups is 1. The number of thioether (sulfide) groups is 1. The number of nitrogens with one attached hydrogen (secondary N) is 1. The van der Waals surface area contributed by atoms with E-state index in [4.69, 9.17) is 4.74 Å². The molecule has 180 valence electrons. The third kappa shape index (κ3) is 5.37. The Hall–Kier alpha value is -2.88. The number of halogens is 1. The molecule has 2 aromatic carbocycles. The van der Waals surface area contributed by atoms with Gasteiger partial charge in [-0.1, -0.05) is 46.3 Å². The Labute approximate surface area is 215 Å². The van der Waals surface area contributed by atoms with Crippen LogP contribution in [0.15, 0.2) is 64.1 Å². The van der Waals surface area contributed by atoms with E-state index in [0.717, 1.165) is 57.7 Å². The van der Waals surface area contributed by atoms with Crippen molar-refractivity contribution in [2.24, 2.45) is 0 Å². The highest BCUT2D eigenvalue weighted by molar-refractivity contribution is 9.10. The molecule has 0 radical (unpaired) electrons. The Balaban J connectivity index is 1.38. The predicted molar refractivity (Wildman–Crippen MR) is 140 cm³/mol. The maximum atomic E-state index is 13.0. The van der Waals surface area contributed by atoms with Crippen molar-refractivity contribution in [3.8, 4) is 0 Å². The fourth-order valence-corrected chi connectivity index (χ4v) is 5.52. The number of fused-ring (bicyclic) bond motifs is 1. The summed E-state index contributed by atoms with van der Waals surface area (Å²) in [7, 11) is 0. The van der Waals surface area contributed by atoms with E-state index in [1.54, 1.807) is 6.08 Å². The highest BCUT2D eigenvalue weighted by Crippen LogP contribution is 2.35. The SMILES string of the molecule is O=C(Cn1cc(/C=C2\SC(=O)N(Cc3ccccc3)C2=O)c2cc(Br)ccc21)NC[C@@H]1CCCO1. The summed E-state index contributed by atoms with van der Waals surface area (Å²) in [4.78, 5) is 39.9. The minimum absolute atomic E-state index is 0.0818. The van der Waals surface area contributed by atoms with Crippen molar-refractivity contribution in [3.05, 3.63) is 75.2 Å². The maximum Gasteiger partial charge on any atom is 0.293 e. The first kappa shape index (κ1) is 23.8. The Morgan fingerprint density at radius 2 is 2.03 bits per heavy atom. The van der Waals surface area contributed by atoms with E-state index in [2.05, 4.69) is 21.2 Å². The van der Waals surface area contributed by atoms with Crippen LogP contribution in [-0.4, -0.2) is 45.8 Å².